The van der Waals surface area contributed by atoms with E-state index in [1.54, 1.807) is 14.2 Å². The lowest BCUT2D eigenvalue weighted by molar-refractivity contribution is -0.139. The molecule has 0 spiro atoms. The monoisotopic (exact) mass is 354 g/mol. The Bertz CT molecular complexity index is 690. The summed E-state index contributed by atoms with van der Waals surface area (Å²) in [4.78, 5) is 0. The number of alkyl halides is 3. The topological polar surface area (TPSA) is 47.7 Å². The summed E-state index contributed by atoms with van der Waals surface area (Å²) < 4.78 is 49.6. The molecule has 0 radical (unpaired) electrons. The van der Waals surface area contributed by atoms with Crippen molar-refractivity contribution in [2.45, 2.75) is 18.6 Å². The van der Waals surface area contributed by atoms with Crippen LogP contribution in [0.5, 0.6) is 11.5 Å². The van der Waals surface area contributed by atoms with E-state index in [0.717, 1.165) is 11.6 Å². The Morgan fingerprint density at radius 2 is 1.84 bits per heavy atom. The van der Waals surface area contributed by atoms with Crippen molar-refractivity contribution in [2.75, 3.05) is 20.8 Å². The maximum absolute atomic E-state index is 13.0. The van der Waals surface area contributed by atoms with Gasteiger partial charge in [-0.1, -0.05) is 24.3 Å². The number of nitrogens with zero attached hydrogens (tertiary/aromatic N) is 1. The molecule has 0 aliphatic carbocycles. The molecule has 2 N–H and O–H groups in total. The minimum absolute atomic E-state index is 0.0938. The van der Waals surface area contributed by atoms with Gasteiger partial charge in [0.1, 0.15) is 11.5 Å². The van der Waals surface area contributed by atoms with Crippen LogP contribution in [0, 0.1) is 0 Å². The van der Waals surface area contributed by atoms with Gasteiger partial charge in [0.25, 0.3) is 0 Å². The van der Waals surface area contributed by atoms with Crippen LogP contribution in [-0.4, -0.2) is 25.8 Å². The lowest BCUT2D eigenvalue weighted by Gasteiger charge is -2.25. The summed E-state index contributed by atoms with van der Waals surface area (Å²) in [6.45, 7) is 0.0938. The number of hydrogen-bond acceptors (Lipinski definition) is 4. The number of halogens is 3. The van der Waals surface area contributed by atoms with E-state index in [0.29, 0.717) is 12.2 Å². The van der Waals surface area contributed by atoms with Crippen LogP contribution < -0.4 is 15.3 Å². The van der Waals surface area contributed by atoms with E-state index >= 15 is 0 Å². The van der Waals surface area contributed by atoms with Crippen molar-refractivity contribution in [3.63, 3.8) is 0 Å². The predicted molar refractivity (Wildman–Crippen MR) is 89.2 cm³/mol. The van der Waals surface area contributed by atoms with Crippen molar-refractivity contribution in [3.8, 4) is 11.5 Å². The zero-order valence-corrected chi connectivity index (χ0v) is 14.1. The van der Waals surface area contributed by atoms with E-state index in [4.69, 9.17) is 15.3 Å². The fourth-order valence-electron chi connectivity index (χ4n) is 2.56. The van der Waals surface area contributed by atoms with Gasteiger partial charge < -0.3 is 9.47 Å². The Morgan fingerprint density at radius 1 is 1.12 bits per heavy atom. The zero-order chi connectivity index (χ0) is 18.4. The molecule has 136 valence electrons. The third-order valence-electron chi connectivity index (χ3n) is 3.81. The highest BCUT2D eigenvalue weighted by molar-refractivity contribution is 5.35. The molecule has 0 saturated carbocycles. The standard InChI is InChI=1S/C18H21F3N2O2/c1-23(22)16(13-6-5-7-14(12-13)24-2)10-11-25-17-9-4-3-8-15(17)18(19,20)21/h3-9,12,16H,10-11,22H2,1-2H3. The number of rotatable bonds is 7. The van der Waals surface area contributed by atoms with Gasteiger partial charge in [-0.3, -0.25) is 5.84 Å². The molecule has 4 nitrogen and oxygen atoms in total. The summed E-state index contributed by atoms with van der Waals surface area (Å²) >= 11 is 0. The lowest BCUT2D eigenvalue weighted by Crippen LogP contribution is -2.32. The van der Waals surface area contributed by atoms with E-state index in [2.05, 4.69) is 0 Å². The number of para-hydroxylation sites is 1. The number of hydrogen-bond donors (Lipinski definition) is 1. The first-order chi connectivity index (χ1) is 11.8. The van der Waals surface area contributed by atoms with E-state index in [-0.39, 0.29) is 18.4 Å². The first-order valence-electron chi connectivity index (χ1n) is 7.73. The Morgan fingerprint density at radius 3 is 2.48 bits per heavy atom. The van der Waals surface area contributed by atoms with Crippen LogP contribution in [0.15, 0.2) is 48.5 Å². The fraction of sp³-hybridized carbons (Fsp3) is 0.333. The van der Waals surface area contributed by atoms with Crippen LogP contribution in [0.3, 0.4) is 0 Å². The number of methoxy groups -OCH3 is 1. The first kappa shape index (κ1) is 19.1. The van der Waals surface area contributed by atoms with Gasteiger partial charge in [-0.15, -0.1) is 0 Å². The Kier molecular flexibility index (Phi) is 6.27. The maximum atomic E-state index is 13.0. The SMILES string of the molecule is COc1cccc(C(CCOc2ccccc2C(F)(F)F)N(C)N)c1. The van der Waals surface area contributed by atoms with Crippen LogP contribution in [0.4, 0.5) is 13.2 Å². The molecular formula is C18H21F3N2O2. The lowest BCUT2D eigenvalue weighted by atomic mass is 10.0. The normalized spacial score (nSPS) is 12.9. The molecule has 25 heavy (non-hydrogen) atoms. The number of ether oxygens (including phenoxy) is 2. The van der Waals surface area contributed by atoms with E-state index in [9.17, 15) is 13.2 Å². The van der Waals surface area contributed by atoms with E-state index in [1.165, 1.54) is 23.2 Å². The predicted octanol–water partition coefficient (Wildman–Crippen LogP) is 4.03. The molecule has 0 heterocycles. The molecule has 0 aromatic heterocycles. The molecule has 2 rings (SSSR count). The molecule has 2 aromatic rings. The third kappa shape index (κ3) is 5.11. The minimum Gasteiger partial charge on any atom is -0.497 e. The summed E-state index contributed by atoms with van der Waals surface area (Å²) in [6, 6.07) is 12.3. The van der Waals surface area contributed by atoms with Gasteiger partial charge >= 0.3 is 6.18 Å². The zero-order valence-electron chi connectivity index (χ0n) is 14.1. The molecule has 0 bridgehead atoms. The smallest absolute Gasteiger partial charge is 0.419 e. The Hall–Kier alpha value is -2.25. The average molecular weight is 354 g/mol. The molecule has 0 aliphatic rings. The van der Waals surface area contributed by atoms with Crippen molar-refractivity contribution in [1.82, 2.24) is 5.01 Å². The Balaban J connectivity index is 2.08. The second kappa shape index (κ2) is 8.22. The highest BCUT2D eigenvalue weighted by Crippen LogP contribution is 2.36. The van der Waals surface area contributed by atoms with Crippen LogP contribution in [0.2, 0.25) is 0 Å². The highest BCUT2D eigenvalue weighted by atomic mass is 19.4. The average Bonchev–Trinajstić information content (AvgIpc) is 2.58. The van der Waals surface area contributed by atoms with Crippen LogP contribution in [-0.2, 0) is 6.18 Å². The van der Waals surface area contributed by atoms with Crippen molar-refractivity contribution in [1.29, 1.82) is 0 Å². The van der Waals surface area contributed by atoms with Crippen molar-refractivity contribution >= 4 is 0 Å². The summed E-state index contributed by atoms with van der Waals surface area (Å²) in [5.74, 6) is 6.40. The van der Waals surface area contributed by atoms with E-state index in [1.807, 2.05) is 24.3 Å². The van der Waals surface area contributed by atoms with Gasteiger partial charge in [0, 0.05) is 13.5 Å². The molecule has 1 atom stereocenters. The molecule has 1 unspecified atom stereocenters. The minimum atomic E-state index is -4.45. The number of hydrazine groups is 1. The molecule has 0 fully saturated rings. The van der Waals surface area contributed by atoms with Gasteiger partial charge in [-0.05, 0) is 29.8 Å². The second-order valence-corrected chi connectivity index (χ2v) is 5.59. The fourth-order valence-corrected chi connectivity index (χ4v) is 2.56. The van der Waals surface area contributed by atoms with Crippen molar-refractivity contribution < 1.29 is 22.6 Å². The van der Waals surface area contributed by atoms with E-state index < -0.39 is 11.7 Å². The number of benzene rings is 2. The Labute approximate surface area is 144 Å². The molecule has 7 heteroatoms. The maximum Gasteiger partial charge on any atom is 0.419 e. The molecule has 0 aliphatic heterocycles. The summed E-state index contributed by atoms with van der Waals surface area (Å²) in [7, 11) is 3.27. The van der Waals surface area contributed by atoms with Gasteiger partial charge in [0.05, 0.1) is 25.3 Å². The number of nitrogens with two attached hydrogens (primary N) is 1. The highest BCUT2D eigenvalue weighted by Gasteiger charge is 2.34. The quantitative estimate of drug-likeness (QED) is 0.602. The third-order valence-corrected chi connectivity index (χ3v) is 3.81. The van der Waals surface area contributed by atoms with Crippen LogP contribution in [0.1, 0.15) is 23.6 Å². The molecule has 2 aromatic carbocycles. The molecule has 0 amide bonds. The van der Waals surface area contributed by atoms with Gasteiger partial charge in [0.15, 0.2) is 0 Å². The molecule has 0 saturated heterocycles. The van der Waals surface area contributed by atoms with Crippen molar-refractivity contribution in [3.05, 3.63) is 59.7 Å². The molecular weight excluding hydrogens is 333 g/mol. The summed E-state index contributed by atoms with van der Waals surface area (Å²) in [5, 5.41) is 1.51. The largest absolute Gasteiger partial charge is 0.497 e. The van der Waals surface area contributed by atoms with Crippen LogP contribution in [0.25, 0.3) is 0 Å². The summed E-state index contributed by atoms with van der Waals surface area (Å²) in [5.41, 5.74) is 0.117. The van der Waals surface area contributed by atoms with Gasteiger partial charge in [0.2, 0.25) is 0 Å². The van der Waals surface area contributed by atoms with Crippen molar-refractivity contribution in [2.24, 2.45) is 5.84 Å². The van der Waals surface area contributed by atoms with Gasteiger partial charge in [-0.2, -0.15) is 13.2 Å². The van der Waals surface area contributed by atoms with Gasteiger partial charge in [-0.25, -0.2) is 5.01 Å². The second-order valence-electron chi connectivity index (χ2n) is 5.59. The first-order valence-corrected chi connectivity index (χ1v) is 7.73. The van der Waals surface area contributed by atoms with Crippen LogP contribution >= 0.6 is 0 Å². The summed E-state index contributed by atoms with van der Waals surface area (Å²) in [6.07, 6.45) is -4.03.